The molecule has 0 aliphatic carbocycles. The average Bonchev–Trinajstić information content (AvgIpc) is 1.97. The molecule has 0 saturated carbocycles. The summed E-state index contributed by atoms with van der Waals surface area (Å²) in [4.78, 5) is 0. The number of hydrogen-bond donors (Lipinski definition) is 0. The van der Waals surface area contributed by atoms with Crippen molar-refractivity contribution in [1.29, 1.82) is 0 Å². The van der Waals surface area contributed by atoms with E-state index >= 15 is 0 Å². The summed E-state index contributed by atoms with van der Waals surface area (Å²) in [5.74, 6) is 0. The van der Waals surface area contributed by atoms with E-state index in [4.69, 9.17) is 9.47 Å². The van der Waals surface area contributed by atoms with Gasteiger partial charge in [0.25, 0.3) is 0 Å². The first-order valence-corrected chi connectivity index (χ1v) is 4.66. The molecule has 0 aromatic rings. The van der Waals surface area contributed by atoms with E-state index in [1.807, 2.05) is 40.7 Å². The van der Waals surface area contributed by atoms with Crippen LogP contribution in [0.25, 0.3) is 0 Å². The van der Waals surface area contributed by atoms with Crippen molar-refractivity contribution in [3.63, 3.8) is 0 Å². The molecule has 0 amide bonds. The Kier molecular flexibility index (Phi) is 5.52. The summed E-state index contributed by atoms with van der Waals surface area (Å²) < 4.78 is 10.6. The van der Waals surface area contributed by atoms with E-state index in [0.29, 0.717) is 0 Å². The maximum Gasteiger partial charge on any atom is 0.126 e. The standard InChI is InChI=1S/C11H20O2/c1-6-12-10(2)8-7-9-13-11(3,4)5/h8-10H,6H2,1-5H3. The second-order valence-electron chi connectivity index (χ2n) is 3.84. The van der Waals surface area contributed by atoms with E-state index < -0.39 is 0 Å². The van der Waals surface area contributed by atoms with Crippen molar-refractivity contribution in [1.82, 2.24) is 0 Å². The van der Waals surface area contributed by atoms with Crippen molar-refractivity contribution in [3.8, 4) is 0 Å². The molecule has 0 radical (unpaired) electrons. The van der Waals surface area contributed by atoms with Crippen LogP contribution in [0.3, 0.4) is 0 Å². The Labute approximate surface area is 81.2 Å². The molecule has 76 valence electrons. The van der Waals surface area contributed by atoms with Gasteiger partial charge in [-0.05, 0) is 40.7 Å². The molecule has 0 fully saturated rings. The lowest BCUT2D eigenvalue weighted by atomic mass is 10.2. The predicted molar refractivity (Wildman–Crippen MR) is 54.6 cm³/mol. The van der Waals surface area contributed by atoms with Crippen LogP contribution in [0.5, 0.6) is 0 Å². The summed E-state index contributed by atoms with van der Waals surface area (Å²) in [6.07, 6.45) is 3.52. The Bertz CT molecular complexity index is 183. The van der Waals surface area contributed by atoms with Crippen LogP contribution < -0.4 is 0 Å². The zero-order chi connectivity index (χ0) is 10.3. The van der Waals surface area contributed by atoms with Crippen molar-refractivity contribution in [2.45, 2.75) is 46.3 Å². The molecule has 0 aromatic heterocycles. The van der Waals surface area contributed by atoms with Gasteiger partial charge in [0.05, 0.1) is 6.10 Å². The van der Waals surface area contributed by atoms with Crippen LogP contribution in [-0.4, -0.2) is 18.3 Å². The smallest absolute Gasteiger partial charge is 0.126 e. The summed E-state index contributed by atoms with van der Waals surface area (Å²) in [5.41, 5.74) is 2.79. The van der Waals surface area contributed by atoms with Crippen molar-refractivity contribution in [3.05, 3.63) is 18.1 Å². The van der Waals surface area contributed by atoms with Gasteiger partial charge in [0.1, 0.15) is 11.9 Å². The first-order chi connectivity index (χ1) is 5.95. The van der Waals surface area contributed by atoms with Crippen molar-refractivity contribution in [2.24, 2.45) is 0 Å². The van der Waals surface area contributed by atoms with Crippen LogP contribution >= 0.6 is 0 Å². The molecular weight excluding hydrogens is 164 g/mol. The van der Waals surface area contributed by atoms with Crippen LogP contribution in [0.4, 0.5) is 0 Å². The normalized spacial score (nSPS) is 13.0. The van der Waals surface area contributed by atoms with Gasteiger partial charge in [-0.15, -0.1) is 0 Å². The van der Waals surface area contributed by atoms with Crippen molar-refractivity contribution < 1.29 is 9.47 Å². The zero-order valence-corrected chi connectivity index (χ0v) is 9.26. The largest absolute Gasteiger partial charge is 0.488 e. The van der Waals surface area contributed by atoms with Gasteiger partial charge in [0.2, 0.25) is 0 Å². The molecule has 1 atom stereocenters. The average molecular weight is 184 g/mol. The van der Waals surface area contributed by atoms with E-state index in [1.165, 1.54) is 0 Å². The topological polar surface area (TPSA) is 18.5 Å². The third kappa shape index (κ3) is 9.19. The molecule has 0 aliphatic heterocycles. The zero-order valence-electron chi connectivity index (χ0n) is 9.26. The monoisotopic (exact) mass is 184 g/mol. The molecule has 0 rings (SSSR count). The van der Waals surface area contributed by atoms with E-state index in [2.05, 4.69) is 5.73 Å². The lowest BCUT2D eigenvalue weighted by Crippen LogP contribution is -2.14. The molecule has 0 heterocycles. The van der Waals surface area contributed by atoms with Crippen LogP contribution in [0.15, 0.2) is 18.1 Å². The van der Waals surface area contributed by atoms with Crippen molar-refractivity contribution >= 4 is 0 Å². The van der Waals surface area contributed by atoms with Gasteiger partial charge in [-0.1, -0.05) is 5.73 Å². The van der Waals surface area contributed by atoms with Gasteiger partial charge >= 0.3 is 0 Å². The van der Waals surface area contributed by atoms with Gasteiger partial charge in [0, 0.05) is 6.61 Å². The Morgan fingerprint density at radius 2 is 2.00 bits per heavy atom. The van der Waals surface area contributed by atoms with Crippen molar-refractivity contribution in [2.75, 3.05) is 6.61 Å². The highest BCUT2D eigenvalue weighted by Crippen LogP contribution is 2.06. The minimum atomic E-state index is -0.143. The quantitative estimate of drug-likeness (QED) is 0.494. The van der Waals surface area contributed by atoms with E-state index in [0.717, 1.165) is 6.61 Å². The van der Waals surface area contributed by atoms with Crippen LogP contribution in [-0.2, 0) is 9.47 Å². The summed E-state index contributed by atoms with van der Waals surface area (Å²) in [7, 11) is 0. The van der Waals surface area contributed by atoms with Crippen LogP contribution in [0.2, 0.25) is 0 Å². The summed E-state index contributed by atoms with van der Waals surface area (Å²) in [6, 6.07) is 0. The van der Waals surface area contributed by atoms with Gasteiger partial charge in [-0.25, -0.2) is 0 Å². The Hall–Kier alpha value is -0.720. The predicted octanol–water partition coefficient (Wildman–Crippen LogP) is 2.90. The van der Waals surface area contributed by atoms with Gasteiger partial charge < -0.3 is 9.47 Å². The van der Waals surface area contributed by atoms with Crippen LogP contribution in [0, 0.1) is 0 Å². The summed E-state index contributed by atoms with van der Waals surface area (Å²) in [5, 5.41) is 0. The molecule has 0 saturated heterocycles. The number of rotatable bonds is 4. The fourth-order valence-electron chi connectivity index (χ4n) is 0.697. The van der Waals surface area contributed by atoms with E-state index in [1.54, 1.807) is 6.26 Å². The lowest BCUT2D eigenvalue weighted by molar-refractivity contribution is 0.0765. The second kappa shape index (κ2) is 5.85. The highest BCUT2D eigenvalue weighted by atomic mass is 16.5. The molecule has 0 spiro atoms. The highest BCUT2D eigenvalue weighted by Gasteiger charge is 2.06. The molecule has 1 unspecified atom stereocenters. The summed E-state index contributed by atoms with van der Waals surface area (Å²) >= 11 is 0. The lowest BCUT2D eigenvalue weighted by Gasteiger charge is -2.16. The fraction of sp³-hybridized carbons (Fsp3) is 0.727. The minimum Gasteiger partial charge on any atom is -0.488 e. The number of hydrogen-bond acceptors (Lipinski definition) is 2. The number of ether oxygens (including phenoxy) is 2. The Morgan fingerprint density at radius 1 is 1.38 bits per heavy atom. The second-order valence-corrected chi connectivity index (χ2v) is 3.84. The first kappa shape index (κ1) is 12.3. The molecule has 2 heteroatoms. The molecular formula is C11H20O2. The molecule has 2 nitrogen and oxygen atoms in total. The van der Waals surface area contributed by atoms with Gasteiger partial charge in [0.15, 0.2) is 0 Å². The van der Waals surface area contributed by atoms with Crippen LogP contribution in [0.1, 0.15) is 34.6 Å². The Balaban J connectivity index is 3.83. The summed E-state index contributed by atoms with van der Waals surface area (Å²) in [6.45, 7) is 10.7. The molecule has 13 heavy (non-hydrogen) atoms. The maximum absolute atomic E-state index is 5.33. The van der Waals surface area contributed by atoms with Gasteiger partial charge in [-0.3, -0.25) is 0 Å². The SMILES string of the molecule is CCOC(C)C=C=COC(C)(C)C. The Morgan fingerprint density at radius 3 is 2.46 bits per heavy atom. The fourth-order valence-corrected chi connectivity index (χ4v) is 0.697. The van der Waals surface area contributed by atoms with E-state index in [-0.39, 0.29) is 11.7 Å². The first-order valence-electron chi connectivity index (χ1n) is 4.66. The molecule has 0 aromatic carbocycles. The highest BCUT2D eigenvalue weighted by molar-refractivity contribution is 4.86. The molecule has 0 N–H and O–H groups in total. The molecule has 0 aliphatic rings. The van der Waals surface area contributed by atoms with E-state index in [9.17, 15) is 0 Å². The van der Waals surface area contributed by atoms with Gasteiger partial charge in [-0.2, -0.15) is 0 Å². The molecule has 0 bridgehead atoms. The minimum absolute atomic E-state index is 0.102. The third-order valence-electron chi connectivity index (χ3n) is 1.24. The maximum atomic E-state index is 5.33. The third-order valence-corrected chi connectivity index (χ3v) is 1.24.